The van der Waals surface area contributed by atoms with Crippen LogP contribution in [0.1, 0.15) is 18.4 Å². The summed E-state index contributed by atoms with van der Waals surface area (Å²) in [6.45, 7) is 3.88. The summed E-state index contributed by atoms with van der Waals surface area (Å²) in [6, 6.07) is 12.6. The Kier molecular flexibility index (Phi) is 6.49. The maximum atomic E-state index is 13.5. The Morgan fingerprint density at radius 1 is 1.17 bits per heavy atom. The Labute approximate surface area is 180 Å². The van der Waals surface area contributed by atoms with Crippen LogP contribution in [0.4, 0.5) is 15.8 Å². The van der Waals surface area contributed by atoms with Crippen LogP contribution in [0.15, 0.2) is 52.4 Å². The van der Waals surface area contributed by atoms with Crippen LogP contribution >= 0.6 is 24.0 Å². The number of likely N-dealkylation sites (tertiary alicyclic amines) is 1. The molecule has 2 aromatic rings. The van der Waals surface area contributed by atoms with Crippen molar-refractivity contribution in [3.05, 3.63) is 58.9 Å². The minimum absolute atomic E-state index is 0. The number of benzene rings is 2. The lowest BCUT2D eigenvalue weighted by atomic mass is 10.2. The van der Waals surface area contributed by atoms with Gasteiger partial charge in [0.2, 0.25) is 18.2 Å². The smallest absolute Gasteiger partial charge is 0.222 e. The third-order valence-electron chi connectivity index (χ3n) is 4.81. The molecule has 3 N–H and O–H groups in total. The van der Waals surface area contributed by atoms with E-state index in [9.17, 15) is 4.39 Å². The first kappa shape index (κ1) is 21.2. The van der Waals surface area contributed by atoms with Crippen molar-refractivity contribution in [1.82, 2.24) is 4.90 Å². The van der Waals surface area contributed by atoms with Crippen LogP contribution in [-0.2, 0) is 0 Å². The second-order valence-electron chi connectivity index (χ2n) is 6.95. The molecule has 0 aromatic heterocycles. The first-order valence-electron chi connectivity index (χ1n) is 9.26. The molecule has 1 saturated heterocycles. The summed E-state index contributed by atoms with van der Waals surface area (Å²) in [5, 5.41) is 3.35. The van der Waals surface area contributed by atoms with E-state index in [2.05, 4.69) is 26.3 Å². The first-order valence-corrected chi connectivity index (χ1v) is 9.63. The molecule has 2 heterocycles. The van der Waals surface area contributed by atoms with Crippen molar-refractivity contribution in [3.63, 3.8) is 0 Å². The van der Waals surface area contributed by atoms with E-state index in [1.807, 2.05) is 30.0 Å². The normalized spacial score (nSPS) is 18.8. The van der Waals surface area contributed by atoms with Gasteiger partial charge < -0.3 is 16.0 Å². The van der Waals surface area contributed by atoms with Crippen molar-refractivity contribution in [1.29, 1.82) is 0 Å². The molecular formula is C20H23Cl2FN6. The van der Waals surface area contributed by atoms with Gasteiger partial charge >= 0.3 is 0 Å². The van der Waals surface area contributed by atoms with Gasteiger partial charge in [-0.1, -0.05) is 23.7 Å². The van der Waals surface area contributed by atoms with Crippen molar-refractivity contribution in [2.75, 3.05) is 23.3 Å². The number of halogens is 3. The molecule has 29 heavy (non-hydrogen) atoms. The predicted molar refractivity (Wildman–Crippen MR) is 120 cm³/mol. The summed E-state index contributed by atoms with van der Waals surface area (Å²) in [7, 11) is 0. The zero-order valence-corrected chi connectivity index (χ0v) is 17.6. The maximum absolute atomic E-state index is 13.5. The summed E-state index contributed by atoms with van der Waals surface area (Å²) >= 11 is 5.95. The molecule has 1 unspecified atom stereocenters. The van der Waals surface area contributed by atoms with Gasteiger partial charge in [-0.15, -0.1) is 12.4 Å². The number of nitrogens with zero attached hydrogens (tertiary/aromatic N) is 4. The molecule has 1 atom stereocenters. The number of anilines is 2. The summed E-state index contributed by atoms with van der Waals surface area (Å²) in [5.41, 5.74) is 8.77. The molecule has 0 amide bonds. The van der Waals surface area contributed by atoms with Gasteiger partial charge in [-0.05, 0) is 55.7 Å². The van der Waals surface area contributed by atoms with Gasteiger partial charge in [0.15, 0.2) is 0 Å². The first-order chi connectivity index (χ1) is 13.5. The molecule has 2 aliphatic heterocycles. The number of hydrogen-bond donors (Lipinski definition) is 2. The van der Waals surface area contributed by atoms with Gasteiger partial charge in [-0.2, -0.15) is 4.99 Å². The largest absolute Gasteiger partial charge is 0.368 e. The van der Waals surface area contributed by atoms with Crippen molar-refractivity contribution in [3.8, 4) is 0 Å². The number of guanidine groups is 2. The van der Waals surface area contributed by atoms with E-state index in [-0.39, 0.29) is 23.4 Å². The SMILES string of the molecule is Cc1cccc(N2C(N3CCCC3)=NC(N)=NC2Nc2ccc(F)c(Cl)c2)c1.Cl. The third-order valence-corrected chi connectivity index (χ3v) is 5.10. The summed E-state index contributed by atoms with van der Waals surface area (Å²) in [4.78, 5) is 13.3. The highest BCUT2D eigenvalue weighted by atomic mass is 35.5. The molecule has 2 aliphatic rings. The van der Waals surface area contributed by atoms with Crippen LogP contribution in [0.2, 0.25) is 5.02 Å². The van der Waals surface area contributed by atoms with Crippen molar-refractivity contribution >= 4 is 47.3 Å². The molecule has 6 nitrogen and oxygen atoms in total. The lowest BCUT2D eigenvalue weighted by molar-refractivity contribution is 0.497. The summed E-state index contributed by atoms with van der Waals surface area (Å²) in [6.07, 6.45) is 1.70. The highest BCUT2D eigenvalue weighted by Gasteiger charge is 2.32. The number of aliphatic imine (C=N–C) groups is 2. The molecule has 2 aromatic carbocycles. The zero-order chi connectivity index (χ0) is 19.7. The standard InChI is InChI=1S/C20H22ClFN6.ClH/c1-13-5-4-6-15(11-13)28-19(24-14-7-8-17(22)16(21)12-14)25-18(23)26-20(28)27-9-2-3-10-27;/h4-8,11-12,19,24H,2-3,9-10H2,1H3,(H2,23,25);1H. The van der Waals surface area contributed by atoms with Crippen LogP contribution in [0.25, 0.3) is 0 Å². The molecule has 9 heteroatoms. The van der Waals surface area contributed by atoms with E-state index < -0.39 is 12.1 Å². The average Bonchev–Trinajstić information content (AvgIpc) is 3.19. The van der Waals surface area contributed by atoms with E-state index in [1.165, 1.54) is 12.1 Å². The average molecular weight is 437 g/mol. The lowest BCUT2D eigenvalue weighted by Gasteiger charge is -2.38. The number of hydrogen-bond acceptors (Lipinski definition) is 6. The van der Waals surface area contributed by atoms with Gasteiger partial charge in [-0.3, -0.25) is 4.90 Å². The van der Waals surface area contributed by atoms with Crippen LogP contribution in [0.5, 0.6) is 0 Å². The Bertz CT molecular complexity index is 942. The van der Waals surface area contributed by atoms with Crippen molar-refractivity contribution < 1.29 is 4.39 Å². The van der Waals surface area contributed by atoms with E-state index >= 15 is 0 Å². The van der Waals surface area contributed by atoms with Crippen LogP contribution in [0, 0.1) is 12.7 Å². The second kappa shape index (κ2) is 8.88. The Hall–Kier alpha value is -2.51. The van der Waals surface area contributed by atoms with E-state index in [0.717, 1.165) is 43.1 Å². The minimum atomic E-state index is -0.531. The number of aryl methyl sites for hydroxylation is 1. The fourth-order valence-corrected chi connectivity index (χ4v) is 3.66. The van der Waals surface area contributed by atoms with E-state index in [1.54, 1.807) is 6.07 Å². The Balaban J connectivity index is 0.00000240. The molecule has 0 saturated carbocycles. The quantitative estimate of drug-likeness (QED) is 0.756. The Morgan fingerprint density at radius 3 is 2.62 bits per heavy atom. The minimum Gasteiger partial charge on any atom is -0.368 e. The fourth-order valence-electron chi connectivity index (χ4n) is 3.48. The molecule has 0 spiro atoms. The lowest BCUT2D eigenvalue weighted by Crippen LogP contribution is -2.54. The van der Waals surface area contributed by atoms with Gasteiger partial charge in [0.05, 0.1) is 5.02 Å². The van der Waals surface area contributed by atoms with E-state index in [4.69, 9.17) is 17.3 Å². The third kappa shape index (κ3) is 4.57. The highest BCUT2D eigenvalue weighted by Crippen LogP contribution is 2.27. The summed E-state index contributed by atoms with van der Waals surface area (Å²) in [5.74, 6) is 0.506. The zero-order valence-electron chi connectivity index (χ0n) is 16.0. The van der Waals surface area contributed by atoms with Crippen LogP contribution < -0.4 is 16.0 Å². The number of nitrogens with two attached hydrogens (primary N) is 1. The van der Waals surface area contributed by atoms with Gasteiger partial charge in [-0.25, -0.2) is 9.38 Å². The topological polar surface area (TPSA) is 69.2 Å². The molecular weight excluding hydrogens is 414 g/mol. The van der Waals surface area contributed by atoms with Crippen molar-refractivity contribution in [2.24, 2.45) is 15.7 Å². The molecule has 0 bridgehead atoms. The highest BCUT2D eigenvalue weighted by molar-refractivity contribution is 6.31. The molecule has 4 rings (SSSR count). The predicted octanol–water partition coefficient (Wildman–Crippen LogP) is 4.19. The molecule has 1 fully saturated rings. The van der Waals surface area contributed by atoms with Gasteiger partial charge in [0.25, 0.3) is 0 Å². The van der Waals surface area contributed by atoms with Crippen LogP contribution in [0.3, 0.4) is 0 Å². The second-order valence-corrected chi connectivity index (χ2v) is 7.36. The Morgan fingerprint density at radius 2 is 1.93 bits per heavy atom. The molecule has 0 radical (unpaired) electrons. The van der Waals surface area contributed by atoms with Gasteiger partial charge in [0.1, 0.15) is 5.82 Å². The van der Waals surface area contributed by atoms with Crippen LogP contribution in [-0.4, -0.2) is 36.2 Å². The van der Waals surface area contributed by atoms with Crippen molar-refractivity contribution in [2.45, 2.75) is 26.1 Å². The number of rotatable bonds is 3. The number of nitrogens with one attached hydrogen (secondary N) is 1. The molecule has 154 valence electrons. The molecule has 0 aliphatic carbocycles. The fraction of sp³-hybridized carbons (Fsp3) is 0.300. The van der Waals surface area contributed by atoms with Gasteiger partial charge in [0, 0.05) is 24.5 Å². The maximum Gasteiger partial charge on any atom is 0.222 e. The summed E-state index contributed by atoms with van der Waals surface area (Å²) < 4.78 is 13.5. The van der Waals surface area contributed by atoms with E-state index in [0.29, 0.717) is 5.69 Å². The monoisotopic (exact) mass is 436 g/mol.